The van der Waals surface area contributed by atoms with Crippen LogP contribution in [0.25, 0.3) is 11.1 Å². The molecule has 4 aliphatic carbocycles. The number of carbonyl (C=O) groups excluding carboxylic acids is 2. The topological polar surface area (TPSA) is 93.3 Å². The second-order valence-electron chi connectivity index (χ2n) is 9.51. The Kier molecular flexibility index (Phi) is 4.29. The van der Waals surface area contributed by atoms with Gasteiger partial charge in [-0.3, -0.25) is 25.0 Å². The molecule has 7 heteroatoms. The van der Waals surface area contributed by atoms with Crippen molar-refractivity contribution in [2.45, 2.75) is 57.9 Å². The number of oxazole rings is 1. The molecule has 1 heterocycles. The first kappa shape index (κ1) is 18.5. The van der Waals surface area contributed by atoms with E-state index < -0.39 is 17.7 Å². The van der Waals surface area contributed by atoms with Crippen LogP contribution in [-0.4, -0.2) is 16.4 Å². The lowest BCUT2D eigenvalue weighted by atomic mass is 9.49. The van der Waals surface area contributed by atoms with Crippen LogP contribution in [0.5, 0.6) is 0 Å². The number of fused-ring (bicyclic) bond motifs is 1. The Balaban J connectivity index is 1.22. The Morgan fingerprint density at radius 1 is 1.10 bits per heavy atom. The summed E-state index contributed by atoms with van der Waals surface area (Å²) in [5, 5.41) is 0. The number of benzene rings is 1. The van der Waals surface area contributed by atoms with Crippen molar-refractivity contribution in [3.05, 3.63) is 34.8 Å². The zero-order valence-corrected chi connectivity index (χ0v) is 16.6. The highest BCUT2D eigenvalue weighted by Gasteiger charge is 2.51. The van der Waals surface area contributed by atoms with Gasteiger partial charge in [-0.2, -0.15) is 0 Å². The first-order chi connectivity index (χ1) is 13.9. The molecule has 4 fully saturated rings. The van der Waals surface area contributed by atoms with Gasteiger partial charge in [0.1, 0.15) is 6.04 Å². The van der Waals surface area contributed by atoms with Gasteiger partial charge in [-0.05, 0) is 80.8 Å². The van der Waals surface area contributed by atoms with Crippen molar-refractivity contribution in [3.8, 4) is 0 Å². The van der Waals surface area contributed by atoms with E-state index in [9.17, 15) is 14.4 Å². The van der Waals surface area contributed by atoms with E-state index in [1.807, 2.05) is 0 Å². The smallest absolute Gasteiger partial charge is 0.408 e. The van der Waals surface area contributed by atoms with Crippen molar-refractivity contribution in [2.75, 3.05) is 0 Å². The van der Waals surface area contributed by atoms with Gasteiger partial charge in [-0.15, -0.1) is 0 Å². The fourth-order valence-corrected chi connectivity index (χ4v) is 6.60. The summed E-state index contributed by atoms with van der Waals surface area (Å²) < 4.78 is 6.50. The third-order valence-electron chi connectivity index (χ3n) is 7.31. The molecule has 4 saturated carbocycles. The summed E-state index contributed by atoms with van der Waals surface area (Å²) >= 11 is 0. The minimum absolute atomic E-state index is 0.118. The third-order valence-corrected chi connectivity index (χ3v) is 7.31. The van der Waals surface area contributed by atoms with Crippen LogP contribution in [0.1, 0.15) is 57.9 Å². The average Bonchev–Trinajstić information content (AvgIpc) is 2.99. The van der Waals surface area contributed by atoms with E-state index in [0.29, 0.717) is 17.5 Å². The third kappa shape index (κ3) is 3.26. The number of amides is 2. The fourth-order valence-electron chi connectivity index (χ4n) is 6.60. The van der Waals surface area contributed by atoms with E-state index in [2.05, 4.69) is 10.9 Å². The lowest BCUT2D eigenvalue weighted by Crippen LogP contribution is -2.50. The molecule has 0 spiro atoms. The van der Waals surface area contributed by atoms with E-state index in [1.54, 1.807) is 31.2 Å². The number of hydrogen-bond acceptors (Lipinski definition) is 4. The first-order valence-corrected chi connectivity index (χ1v) is 10.6. The maximum Gasteiger partial charge on any atom is 0.420 e. The average molecular weight is 397 g/mol. The van der Waals surface area contributed by atoms with Gasteiger partial charge in [0.25, 0.3) is 5.91 Å². The molecule has 0 aliphatic heterocycles. The lowest BCUT2D eigenvalue weighted by Gasteiger charge is -2.56. The van der Waals surface area contributed by atoms with E-state index in [1.165, 1.54) is 23.8 Å². The van der Waals surface area contributed by atoms with Gasteiger partial charge < -0.3 is 4.42 Å². The summed E-state index contributed by atoms with van der Waals surface area (Å²) in [4.78, 5) is 37.4. The van der Waals surface area contributed by atoms with Gasteiger partial charge in [0.15, 0.2) is 5.58 Å². The number of hydrazine groups is 1. The lowest BCUT2D eigenvalue weighted by molar-refractivity contribution is -0.135. The molecular formula is C22H27N3O4. The van der Waals surface area contributed by atoms with Crippen LogP contribution in [0.2, 0.25) is 0 Å². The predicted molar refractivity (Wildman–Crippen MR) is 107 cm³/mol. The maximum absolute atomic E-state index is 12.6. The number of carbonyl (C=O) groups is 2. The van der Waals surface area contributed by atoms with E-state index in [-0.39, 0.29) is 11.3 Å². The number of rotatable bonds is 4. The summed E-state index contributed by atoms with van der Waals surface area (Å²) in [6.07, 6.45) is 7.92. The highest BCUT2D eigenvalue weighted by atomic mass is 16.4. The summed E-state index contributed by atoms with van der Waals surface area (Å²) in [6, 6.07) is 6.17. The van der Waals surface area contributed by atoms with Crippen LogP contribution in [0.4, 0.5) is 0 Å². The van der Waals surface area contributed by atoms with Gasteiger partial charge in [0, 0.05) is 6.42 Å². The largest absolute Gasteiger partial charge is 0.420 e. The number of nitrogens with one attached hydrogen (secondary N) is 2. The standard InChI is InChI=1S/C22H27N3O4/c1-13(25-17-4-2-3-5-18(17)29-21(25)28)20(27)24-23-19(26)12-22-9-14-6-15(10-22)8-16(7-14)11-22/h2-5,13-16H,6-12H2,1H3,(H,23,26)(H,24,27). The van der Waals surface area contributed by atoms with Crippen molar-refractivity contribution in [1.29, 1.82) is 0 Å². The highest BCUT2D eigenvalue weighted by Crippen LogP contribution is 2.61. The molecule has 1 unspecified atom stereocenters. The molecule has 0 radical (unpaired) electrons. The molecule has 154 valence electrons. The van der Waals surface area contributed by atoms with Crippen molar-refractivity contribution in [2.24, 2.45) is 23.2 Å². The molecule has 1 aromatic carbocycles. The molecule has 2 aromatic rings. The minimum Gasteiger partial charge on any atom is -0.408 e. The summed E-state index contributed by atoms with van der Waals surface area (Å²) in [6.45, 7) is 1.62. The van der Waals surface area contributed by atoms with Crippen LogP contribution in [0, 0.1) is 23.2 Å². The monoisotopic (exact) mass is 397 g/mol. The molecule has 2 N–H and O–H groups in total. The second kappa shape index (κ2) is 6.75. The summed E-state index contributed by atoms with van der Waals surface area (Å²) in [7, 11) is 0. The molecule has 0 saturated heterocycles. The number of para-hydroxylation sites is 2. The molecule has 6 rings (SSSR count). The fraction of sp³-hybridized carbons (Fsp3) is 0.591. The Bertz CT molecular complexity index is 985. The molecule has 1 atom stereocenters. The van der Waals surface area contributed by atoms with Crippen LogP contribution in [-0.2, 0) is 9.59 Å². The summed E-state index contributed by atoms with van der Waals surface area (Å²) in [5.41, 5.74) is 6.20. The van der Waals surface area contributed by atoms with Crippen LogP contribution < -0.4 is 16.6 Å². The predicted octanol–water partition coefficient (Wildman–Crippen LogP) is 2.91. The summed E-state index contributed by atoms with van der Waals surface area (Å²) in [5.74, 6) is 1.17. The van der Waals surface area contributed by atoms with Crippen molar-refractivity contribution >= 4 is 22.9 Å². The number of hydrogen-bond donors (Lipinski definition) is 2. The van der Waals surface area contributed by atoms with Crippen molar-refractivity contribution < 1.29 is 14.0 Å². The molecule has 4 aliphatic rings. The SMILES string of the molecule is CC(C(=O)NNC(=O)CC12CC3CC(CC(C3)C1)C2)n1c(=O)oc2ccccc21. The molecular weight excluding hydrogens is 370 g/mol. The first-order valence-electron chi connectivity index (χ1n) is 10.6. The number of aromatic nitrogens is 1. The Morgan fingerprint density at radius 2 is 1.72 bits per heavy atom. The Labute approximate surface area is 168 Å². The van der Waals surface area contributed by atoms with Crippen LogP contribution >= 0.6 is 0 Å². The molecule has 4 bridgehead atoms. The van der Waals surface area contributed by atoms with Crippen molar-refractivity contribution in [3.63, 3.8) is 0 Å². The van der Waals surface area contributed by atoms with E-state index in [0.717, 1.165) is 37.0 Å². The Morgan fingerprint density at radius 3 is 2.38 bits per heavy atom. The zero-order chi connectivity index (χ0) is 20.2. The van der Waals surface area contributed by atoms with E-state index >= 15 is 0 Å². The molecule has 7 nitrogen and oxygen atoms in total. The molecule has 29 heavy (non-hydrogen) atoms. The van der Waals surface area contributed by atoms with Crippen LogP contribution in [0.3, 0.4) is 0 Å². The van der Waals surface area contributed by atoms with E-state index in [4.69, 9.17) is 4.42 Å². The number of nitrogens with zero attached hydrogens (tertiary/aromatic N) is 1. The highest BCUT2D eigenvalue weighted by molar-refractivity contribution is 5.85. The quantitative estimate of drug-likeness (QED) is 0.776. The maximum atomic E-state index is 12.6. The van der Waals surface area contributed by atoms with Gasteiger partial charge in [-0.1, -0.05) is 12.1 Å². The van der Waals surface area contributed by atoms with Gasteiger partial charge in [0.2, 0.25) is 5.91 Å². The second-order valence-corrected chi connectivity index (χ2v) is 9.51. The van der Waals surface area contributed by atoms with Gasteiger partial charge >= 0.3 is 5.76 Å². The van der Waals surface area contributed by atoms with Gasteiger partial charge in [0.05, 0.1) is 5.52 Å². The molecule has 2 amide bonds. The minimum atomic E-state index is -0.800. The normalized spacial score (nSPS) is 31.0. The zero-order valence-electron chi connectivity index (χ0n) is 16.6. The Hall–Kier alpha value is -2.57. The van der Waals surface area contributed by atoms with Crippen LogP contribution in [0.15, 0.2) is 33.5 Å². The van der Waals surface area contributed by atoms with Gasteiger partial charge in [-0.25, -0.2) is 4.79 Å². The van der Waals surface area contributed by atoms with Crippen molar-refractivity contribution in [1.82, 2.24) is 15.4 Å². The molecule has 1 aromatic heterocycles.